The molecule has 0 spiro atoms. The molecule has 88 valence electrons. The van der Waals surface area contributed by atoms with Gasteiger partial charge in [0.15, 0.2) is 0 Å². The molecule has 0 aliphatic carbocycles. The maximum Gasteiger partial charge on any atom is 0.0620 e. The van der Waals surface area contributed by atoms with Gasteiger partial charge in [-0.2, -0.15) is 0 Å². The molecule has 2 nitrogen and oxygen atoms in total. The van der Waals surface area contributed by atoms with E-state index in [0.29, 0.717) is 5.92 Å². The molecule has 0 radical (unpaired) electrons. The highest BCUT2D eigenvalue weighted by atomic mass is 16.3. The summed E-state index contributed by atoms with van der Waals surface area (Å²) in [4.78, 5) is 0. The quantitative estimate of drug-likeness (QED) is 0.814. The molecule has 1 aromatic rings. The van der Waals surface area contributed by atoms with Gasteiger partial charge in [-0.15, -0.1) is 0 Å². The third-order valence-corrected chi connectivity index (χ3v) is 3.44. The fraction of sp³-hybridized carbons (Fsp3) is 0.571. The third kappa shape index (κ3) is 3.06. The van der Waals surface area contributed by atoms with Crippen molar-refractivity contribution >= 4 is 0 Å². The summed E-state index contributed by atoms with van der Waals surface area (Å²) in [7, 11) is 0. The first-order chi connectivity index (χ1) is 7.75. The zero-order valence-corrected chi connectivity index (χ0v) is 9.95. The van der Waals surface area contributed by atoms with Gasteiger partial charge in [0.1, 0.15) is 0 Å². The Morgan fingerprint density at radius 1 is 1.38 bits per heavy atom. The normalized spacial score (nSPS) is 23.0. The Bertz CT molecular complexity index is 314. The lowest BCUT2D eigenvalue weighted by Crippen LogP contribution is -2.37. The van der Waals surface area contributed by atoms with Gasteiger partial charge in [0.2, 0.25) is 0 Å². The summed E-state index contributed by atoms with van der Waals surface area (Å²) in [5.74, 6) is 0.426. The van der Waals surface area contributed by atoms with Gasteiger partial charge in [-0.05, 0) is 44.2 Å². The van der Waals surface area contributed by atoms with Crippen LogP contribution in [0.4, 0.5) is 0 Å². The van der Waals surface area contributed by atoms with Crippen LogP contribution >= 0.6 is 0 Å². The minimum Gasteiger partial charge on any atom is -0.392 e. The fourth-order valence-electron chi connectivity index (χ4n) is 2.34. The van der Waals surface area contributed by atoms with Gasteiger partial charge in [0.25, 0.3) is 0 Å². The van der Waals surface area contributed by atoms with Crippen molar-refractivity contribution in [2.24, 2.45) is 5.92 Å². The van der Waals surface area contributed by atoms with Gasteiger partial charge in [0, 0.05) is 6.54 Å². The van der Waals surface area contributed by atoms with Crippen molar-refractivity contribution in [2.75, 3.05) is 13.1 Å². The highest BCUT2D eigenvalue weighted by molar-refractivity contribution is 5.21. The van der Waals surface area contributed by atoms with E-state index in [1.165, 1.54) is 17.5 Å². The van der Waals surface area contributed by atoms with E-state index in [0.717, 1.165) is 25.9 Å². The van der Waals surface area contributed by atoms with Crippen molar-refractivity contribution in [1.29, 1.82) is 0 Å². The first-order valence-corrected chi connectivity index (χ1v) is 6.20. The lowest BCUT2D eigenvalue weighted by Gasteiger charge is -2.27. The van der Waals surface area contributed by atoms with Crippen molar-refractivity contribution in [3.05, 3.63) is 35.4 Å². The molecule has 1 fully saturated rings. The van der Waals surface area contributed by atoms with Crippen LogP contribution in [0.5, 0.6) is 0 Å². The summed E-state index contributed by atoms with van der Waals surface area (Å²) in [6, 6.07) is 8.46. The summed E-state index contributed by atoms with van der Waals surface area (Å²) in [5.41, 5.74) is 2.52. The molecule has 1 saturated heterocycles. The van der Waals surface area contributed by atoms with Crippen molar-refractivity contribution in [1.82, 2.24) is 5.32 Å². The number of piperidine rings is 1. The van der Waals surface area contributed by atoms with Crippen LogP contribution in [0.25, 0.3) is 0 Å². The van der Waals surface area contributed by atoms with E-state index in [2.05, 4.69) is 36.5 Å². The van der Waals surface area contributed by atoms with Gasteiger partial charge >= 0.3 is 0 Å². The molecule has 2 N–H and O–H groups in total. The van der Waals surface area contributed by atoms with Crippen molar-refractivity contribution in [2.45, 2.75) is 32.3 Å². The molecular weight excluding hydrogens is 198 g/mol. The van der Waals surface area contributed by atoms with Gasteiger partial charge < -0.3 is 10.4 Å². The van der Waals surface area contributed by atoms with E-state index in [1.807, 2.05) is 0 Å². The molecular formula is C14H21NO. The van der Waals surface area contributed by atoms with Crippen LogP contribution in [-0.2, 0) is 6.42 Å². The zero-order valence-electron chi connectivity index (χ0n) is 9.95. The molecule has 0 bridgehead atoms. The maximum atomic E-state index is 10.2. The Balaban J connectivity index is 1.90. The van der Waals surface area contributed by atoms with Crippen LogP contribution < -0.4 is 5.32 Å². The second-order valence-corrected chi connectivity index (χ2v) is 4.86. The molecule has 0 amide bonds. The Kier molecular flexibility index (Phi) is 3.97. The molecule has 2 rings (SSSR count). The Hall–Kier alpha value is -0.860. The monoisotopic (exact) mass is 219 g/mol. The van der Waals surface area contributed by atoms with Crippen LogP contribution in [0, 0.1) is 12.8 Å². The van der Waals surface area contributed by atoms with Crippen LogP contribution in [0.2, 0.25) is 0 Å². The number of aliphatic hydroxyl groups excluding tert-OH is 1. The second-order valence-electron chi connectivity index (χ2n) is 4.86. The average molecular weight is 219 g/mol. The predicted molar refractivity (Wildman–Crippen MR) is 66.5 cm³/mol. The number of nitrogens with one attached hydrogen (secondary N) is 1. The fourth-order valence-corrected chi connectivity index (χ4v) is 2.34. The van der Waals surface area contributed by atoms with E-state index < -0.39 is 0 Å². The van der Waals surface area contributed by atoms with E-state index in [-0.39, 0.29) is 6.10 Å². The lowest BCUT2D eigenvalue weighted by molar-refractivity contribution is 0.0922. The highest BCUT2D eigenvalue weighted by Crippen LogP contribution is 2.18. The molecule has 0 aromatic heterocycles. The molecule has 2 heteroatoms. The lowest BCUT2D eigenvalue weighted by atomic mass is 9.90. The summed E-state index contributed by atoms with van der Waals surface area (Å²) in [5, 5.41) is 13.5. The summed E-state index contributed by atoms with van der Waals surface area (Å²) < 4.78 is 0. The summed E-state index contributed by atoms with van der Waals surface area (Å²) in [6.07, 6.45) is 2.93. The second kappa shape index (κ2) is 5.46. The van der Waals surface area contributed by atoms with Gasteiger partial charge in [-0.1, -0.05) is 29.8 Å². The number of aliphatic hydroxyl groups is 1. The number of aryl methyl sites for hydroxylation is 1. The predicted octanol–water partition coefficient (Wildman–Crippen LogP) is 1.90. The molecule has 2 atom stereocenters. The molecule has 0 saturated carbocycles. The molecule has 1 aliphatic rings. The standard InChI is InChI=1S/C14H21NO/c1-11-4-6-12(7-5-11)9-14(16)13-3-2-8-15-10-13/h4-7,13-16H,2-3,8-10H2,1H3. The number of hydrogen-bond donors (Lipinski definition) is 2. The van der Waals surface area contributed by atoms with Crippen LogP contribution in [-0.4, -0.2) is 24.3 Å². The van der Waals surface area contributed by atoms with E-state index in [9.17, 15) is 5.11 Å². The Labute approximate surface area is 97.7 Å². The molecule has 2 unspecified atom stereocenters. The first-order valence-electron chi connectivity index (χ1n) is 6.20. The largest absolute Gasteiger partial charge is 0.392 e. The van der Waals surface area contributed by atoms with Crippen LogP contribution in [0.1, 0.15) is 24.0 Å². The number of rotatable bonds is 3. The first kappa shape index (κ1) is 11.6. The van der Waals surface area contributed by atoms with Crippen molar-refractivity contribution in [3.63, 3.8) is 0 Å². The number of benzene rings is 1. The minimum absolute atomic E-state index is 0.199. The smallest absolute Gasteiger partial charge is 0.0620 e. The summed E-state index contributed by atoms with van der Waals surface area (Å²) >= 11 is 0. The SMILES string of the molecule is Cc1ccc(CC(O)C2CCCNC2)cc1. The van der Waals surface area contributed by atoms with Gasteiger partial charge in [-0.3, -0.25) is 0 Å². The van der Waals surface area contributed by atoms with Crippen molar-refractivity contribution in [3.8, 4) is 0 Å². The molecule has 1 aliphatic heterocycles. The van der Waals surface area contributed by atoms with Gasteiger partial charge in [-0.25, -0.2) is 0 Å². The molecule has 1 heterocycles. The van der Waals surface area contributed by atoms with E-state index >= 15 is 0 Å². The number of hydrogen-bond acceptors (Lipinski definition) is 2. The van der Waals surface area contributed by atoms with Crippen molar-refractivity contribution < 1.29 is 5.11 Å². The van der Waals surface area contributed by atoms with Gasteiger partial charge in [0.05, 0.1) is 6.10 Å². The van der Waals surface area contributed by atoms with E-state index in [4.69, 9.17) is 0 Å². The minimum atomic E-state index is -0.199. The molecule has 16 heavy (non-hydrogen) atoms. The summed E-state index contributed by atoms with van der Waals surface area (Å²) in [6.45, 7) is 4.16. The third-order valence-electron chi connectivity index (χ3n) is 3.44. The highest BCUT2D eigenvalue weighted by Gasteiger charge is 2.21. The topological polar surface area (TPSA) is 32.3 Å². The Morgan fingerprint density at radius 3 is 2.75 bits per heavy atom. The maximum absolute atomic E-state index is 10.2. The molecule has 1 aromatic carbocycles. The Morgan fingerprint density at radius 2 is 2.12 bits per heavy atom. The van der Waals surface area contributed by atoms with Crippen LogP contribution in [0.3, 0.4) is 0 Å². The van der Waals surface area contributed by atoms with E-state index in [1.54, 1.807) is 0 Å². The average Bonchev–Trinajstić information content (AvgIpc) is 2.33. The van der Waals surface area contributed by atoms with Crippen LogP contribution in [0.15, 0.2) is 24.3 Å². The zero-order chi connectivity index (χ0) is 11.4.